The van der Waals surface area contributed by atoms with Crippen molar-refractivity contribution in [2.24, 2.45) is 0 Å². The number of hydrogen-bond donors (Lipinski definition) is 2. The third kappa shape index (κ3) is 11.6. The fourth-order valence-corrected chi connectivity index (χ4v) is 3.05. The summed E-state index contributed by atoms with van der Waals surface area (Å²) in [4.78, 5) is 49.8. The molecule has 0 saturated carbocycles. The van der Waals surface area contributed by atoms with E-state index in [1.165, 1.54) is 12.1 Å². The van der Waals surface area contributed by atoms with Crippen molar-refractivity contribution in [3.8, 4) is 0 Å². The van der Waals surface area contributed by atoms with Crippen molar-refractivity contribution in [2.45, 2.75) is 78.2 Å². The Hall–Kier alpha value is -3.88. The molecule has 1 atom stereocenters. The Morgan fingerprint density at radius 1 is 0.811 bits per heavy atom. The van der Waals surface area contributed by atoms with Crippen LogP contribution in [0.5, 0.6) is 0 Å². The minimum Gasteiger partial charge on any atom is -0.461 e. The molecule has 200 valence electrons. The molecular weight excluding hydrogens is 476 g/mol. The molecule has 37 heavy (non-hydrogen) atoms. The van der Waals surface area contributed by atoms with Crippen LogP contribution in [0.15, 0.2) is 54.6 Å². The fourth-order valence-electron chi connectivity index (χ4n) is 3.05. The van der Waals surface area contributed by atoms with Crippen molar-refractivity contribution >= 4 is 29.6 Å². The first-order valence-electron chi connectivity index (χ1n) is 12.1. The quantitative estimate of drug-likeness (QED) is 0.358. The van der Waals surface area contributed by atoms with Gasteiger partial charge in [0.1, 0.15) is 23.9 Å². The molecule has 0 radical (unpaired) electrons. The first kappa shape index (κ1) is 29.4. The molecule has 2 aromatic rings. The van der Waals surface area contributed by atoms with E-state index in [1.807, 2.05) is 30.3 Å². The van der Waals surface area contributed by atoms with E-state index in [9.17, 15) is 19.2 Å². The van der Waals surface area contributed by atoms with E-state index in [-0.39, 0.29) is 19.4 Å². The summed E-state index contributed by atoms with van der Waals surface area (Å²) >= 11 is 0. The molecule has 2 amide bonds. The molecule has 2 rings (SSSR count). The predicted molar refractivity (Wildman–Crippen MR) is 139 cm³/mol. The number of carbonyl (C=O) groups excluding carboxylic acids is 4. The Labute approximate surface area is 217 Å². The van der Waals surface area contributed by atoms with Crippen LogP contribution in [0.4, 0.5) is 10.5 Å². The highest BCUT2D eigenvalue weighted by Crippen LogP contribution is 2.16. The second kappa shape index (κ2) is 12.9. The molecule has 0 heterocycles. The van der Waals surface area contributed by atoms with Gasteiger partial charge in [-0.15, -0.1) is 0 Å². The summed E-state index contributed by atoms with van der Waals surface area (Å²) in [5, 5.41) is 5.22. The van der Waals surface area contributed by atoms with E-state index in [2.05, 4.69) is 10.6 Å². The Kier molecular flexibility index (Phi) is 10.2. The highest BCUT2D eigenvalue weighted by atomic mass is 16.6. The number of benzene rings is 2. The Balaban J connectivity index is 2.02. The average molecular weight is 513 g/mol. The van der Waals surface area contributed by atoms with Crippen LogP contribution in [0, 0.1) is 0 Å². The van der Waals surface area contributed by atoms with Gasteiger partial charge in [-0.2, -0.15) is 0 Å². The molecule has 0 unspecified atom stereocenters. The molecule has 2 aromatic carbocycles. The summed E-state index contributed by atoms with van der Waals surface area (Å²) in [5.41, 5.74) is 0.175. The van der Waals surface area contributed by atoms with Crippen molar-refractivity contribution in [1.82, 2.24) is 5.32 Å². The number of anilines is 1. The van der Waals surface area contributed by atoms with E-state index >= 15 is 0 Å². The number of hydrogen-bond acceptors (Lipinski definition) is 7. The topological polar surface area (TPSA) is 120 Å². The van der Waals surface area contributed by atoms with Crippen molar-refractivity contribution in [1.29, 1.82) is 0 Å². The second-order valence-electron chi connectivity index (χ2n) is 10.5. The van der Waals surface area contributed by atoms with Crippen molar-refractivity contribution < 1.29 is 33.4 Å². The van der Waals surface area contributed by atoms with Gasteiger partial charge in [0.05, 0.1) is 5.56 Å². The molecule has 9 heteroatoms. The van der Waals surface area contributed by atoms with Gasteiger partial charge < -0.3 is 24.8 Å². The van der Waals surface area contributed by atoms with Crippen molar-refractivity contribution in [3.05, 3.63) is 65.7 Å². The lowest BCUT2D eigenvalue weighted by Crippen LogP contribution is -2.46. The monoisotopic (exact) mass is 512 g/mol. The van der Waals surface area contributed by atoms with Gasteiger partial charge in [-0.25, -0.2) is 9.59 Å². The van der Waals surface area contributed by atoms with Gasteiger partial charge in [0.25, 0.3) is 0 Å². The standard InChI is InChI=1S/C28H36N2O7/c1-27(2,3)36-25(33)20-12-14-21(15-13-20)29-24(32)22(30-26(34)37-28(4,5)6)16-17-23(31)35-18-19-10-8-7-9-11-19/h7-15,22H,16-18H2,1-6H3,(H,29,32)(H,30,34)/t22-/m0/s1. The van der Waals surface area contributed by atoms with E-state index in [0.717, 1.165) is 5.56 Å². The third-order valence-electron chi connectivity index (χ3n) is 4.67. The Morgan fingerprint density at radius 3 is 1.97 bits per heavy atom. The van der Waals surface area contributed by atoms with Crippen LogP contribution in [0.2, 0.25) is 0 Å². The number of rotatable bonds is 9. The maximum absolute atomic E-state index is 13.0. The van der Waals surface area contributed by atoms with Crippen LogP contribution < -0.4 is 10.6 Å². The van der Waals surface area contributed by atoms with E-state index < -0.39 is 41.2 Å². The maximum atomic E-state index is 13.0. The molecular formula is C28H36N2O7. The minimum absolute atomic E-state index is 0.00527. The zero-order chi connectivity index (χ0) is 27.6. The van der Waals surface area contributed by atoms with E-state index in [1.54, 1.807) is 53.7 Å². The molecule has 0 aliphatic carbocycles. The zero-order valence-corrected chi connectivity index (χ0v) is 22.3. The van der Waals surface area contributed by atoms with Crippen molar-refractivity contribution in [2.75, 3.05) is 5.32 Å². The molecule has 9 nitrogen and oxygen atoms in total. The molecule has 0 aliphatic heterocycles. The highest BCUT2D eigenvalue weighted by molar-refractivity contribution is 5.97. The average Bonchev–Trinajstić information content (AvgIpc) is 2.79. The molecule has 0 saturated heterocycles. The highest BCUT2D eigenvalue weighted by Gasteiger charge is 2.26. The summed E-state index contributed by atoms with van der Waals surface area (Å²) in [7, 11) is 0. The van der Waals surface area contributed by atoms with Gasteiger partial charge >= 0.3 is 18.0 Å². The van der Waals surface area contributed by atoms with Crippen LogP contribution in [0.3, 0.4) is 0 Å². The molecule has 0 fully saturated rings. The molecule has 0 bridgehead atoms. The zero-order valence-electron chi connectivity index (χ0n) is 22.3. The normalized spacial score (nSPS) is 12.2. The van der Waals surface area contributed by atoms with Gasteiger partial charge in [-0.3, -0.25) is 9.59 Å². The predicted octanol–water partition coefficient (Wildman–Crippen LogP) is 5.00. The number of esters is 2. The summed E-state index contributed by atoms with van der Waals surface area (Å²) < 4.78 is 15.9. The summed E-state index contributed by atoms with van der Waals surface area (Å²) in [5.74, 6) is -1.54. The van der Waals surface area contributed by atoms with Gasteiger partial charge in [0.2, 0.25) is 5.91 Å². The summed E-state index contributed by atoms with van der Waals surface area (Å²) in [6, 6.07) is 14.3. The van der Waals surface area contributed by atoms with E-state index in [0.29, 0.717) is 11.3 Å². The second-order valence-corrected chi connectivity index (χ2v) is 10.5. The molecule has 0 aliphatic rings. The number of amides is 2. The number of alkyl carbamates (subject to hydrolysis) is 1. The third-order valence-corrected chi connectivity index (χ3v) is 4.67. The van der Waals surface area contributed by atoms with Crippen LogP contribution >= 0.6 is 0 Å². The molecule has 0 aromatic heterocycles. The van der Waals surface area contributed by atoms with Crippen molar-refractivity contribution in [3.63, 3.8) is 0 Å². The first-order valence-corrected chi connectivity index (χ1v) is 12.1. The lowest BCUT2D eigenvalue weighted by molar-refractivity contribution is -0.145. The van der Waals surface area contributed by atoms with Gasteiger partial charge in [0.15, 0.2) is 0 Å². The number of nitrogens with one attached hydrogen (secondary N) is 2. The summed E-state index contributed by atoms with van der Waals surface area (Å²) in [6.07, 6.45) is -0.891. The Morgan fingerprint density at radius 2 is 1.41 bits per heavy atom. The van der Waals surface area contributed by atoms with Crippen LogP contribution in [0.25, 0.3) is 0 Å². The number of carbonyl (C=O) groups is 4. The largest absolute Gasteiger partial charge is 0.461 e. The Bertz CT molecular complexity index is 1070. The van der Waals surface area contributed by atoms with Crippen LogP contribution in [0.1, 0.15) is 70.3 Å². The fraction of sp³-hybridized carbons (Fsp3) is 0.429. The van der Waals surface area contributed by atoms with Gasteiger partial charge in [0, 0.05) is 12.1 Å². The molecule has 0 spiro atoms. The lowest BCUT2D eigenvalue weighted by atomic mass is 10.1. The number of ether oxygens (including phenoxy) is 3. The minimum atomic E-state index is -1.07. The van der Waals surface area contributed by atoms with Crippen LogP contribution in [-0.2, 0) is 30.4 Å². The first-order chi connectivity index (χ1) is 17.2. The molecule has 2 N–H and O–H groups in total. The van der Waals surface area contributed by atoms with Crippen LogP contribution in [-0.4, -0.2) is 41.2 Å². The van der Waals surface area contributed by atoms with E-state index in [4.69, 9.17) is 14.2 Å². The lowest BCUT2D eigenvalue weighted by Gasteiger charge is -2.23. The maximum Gasteiger partial charge on any atom is 0.408 e. The van der Waals surface area contributed by atoms with Gasteiger partial charge in [-0.1, -0.05) is 30.3 Å². The summed E-state index contributed by atoms with van der Waals surface area (Å²) in [6.45, 7) is 10.5. The van der Waals surface area contributed by atoms with Gasteiger partial charge in [-0.05, 0) is 77.8 Å². The SMILES string of the molecule is CC(C)(C)OC(=O)N[C@@H](CCC(=O)OCc1ccccc1)C(=O)Nc1ccc(C(=O)OC(C)(C)C)cc1. The smallest absolute Gasteiger partial charge is 0.408 e.